The van der Waals surface area contributed by atoms with Crippen LogP contribution in [0, 0.1) is 11.3 Å². The van der Waals surface area contributed by atoms with E-state index in [1.807, 2.05) is 6.07 Å². The van der Waals surface area contributed by atoms with Gasteiger partial charge in [-0.1, -0.05) is 6.92 Å². The monoisotopic (exact) mass is 188 g/mol. The van der Waals surface area contributed by atoms with Crippen LogP contribution < -0.4 is 10.5 Å². The minimum absolute atomic E-state index is 0.0345. The van der Waals surface area contributed by atoms with Crippen molar-refractivity contribution in [2.45, 2.75) is 19.4 Å². The highest BCUT2D eigenvalue weighted by molar-refractivity contribution is 5.51. The van der Waals surface area contributed by atoms with E-state index < -0.39 is 0 Å². The first-order valence-electron chi connectivity index (χ1n) is 4.71. The van der Waals surface area contributed by atoms with E-state index in [9.17, 15) is 0 Å². The molecule has 0 aliphatic carbocycles. The van der Waals surface area contributed by atoms with Crippen molar-refractivity contribution in [3.8, 4) is 11.8 Å². The Morgan fingerprint density at radius 3 is 3.07 bits per heavy atom. The molecule has 0 aromatic heterocycles. The number of ether oxygens (including phenoxy) is 1. The molecule has 0 saturated heterocycles. The van der Waals surface area contributed by atoms with E-state index >= 15 is 0 Å². The zero-order valence-corrected chi connectivity index (χ0v) is 8.08. The molecule has 0 bridgehead atoms. The fourth-order valence-electron chi connectivity index (χ4n) is 1.84. The van der Waals surface area contributed by atoms with Crippen LogP contribution >= 0.6 is 0 Å². The number of fused-ring (bicyclic) bond motifs is 1. The number of rotatable bonds is 1. The maximum atomic E-state index is 8.82. The molecular weight excluding hydrogens is 176 g/mol. The summed E-state index contributed by atoms with van der Waals surface area (Å²) in [6.07, 6.45) is 0.884. The minimum atomic E-state index is -0.0345. The van der Waals surface area contributed by atoms with E-state index in [0.717, 1.165) is 23.3 Å². The average molecular weight is 188 g/mol. The Hall–Kier alpha value is -1.53. The van der Waals surface area contributed by atoms with Gasteiger partial charge < -0.3 is 10.5 Å². The van der Waals surface area contributed by atoms with Crippen LogP contribution in [0.1, 0.15) is 29.7 Å². The van der Waals surface area contributed by atoms with Gasteiger partial charge in [-0.25, -0.2) is 0 Å². The summed E-state index contributed by atoms with van der Waals surface area (Å²) in [4.78, 5) is 0. The van der Waals surface area contributed by atoms with Crippen molar-refractivity contribution in [2.75, 3.05) is 6.61 Å². The Kier molecular flexibility index (Phi) is 2.14. The maximum absolute atomic E-state index is 8.82. The van der Waals surface area contributed by atoms with Crippen LogP contribution in [-0.4, -0.2) is 6.61 Å². The average Bonchev–Trinajstić information content (AvgIpc) is 2.59. The SMILES string of the molecule is CCc1cc(C#N)cc2c1C(N)CO2. The molecule has 1 unspecified atom stereocenters. The standard InChI is InChI=1S/C11H12N2O/c1-2-8-3-7(5-12)4-10-11(8)9(13)6-14-10/h3-4,9H,2,6,13H2,1H3. The normalized spacial score (nSPS) is 18.5. The van der Waals surface area contributed by atoms with Gasteiger partial charge in [0.1, 0.15) is 12.4 Å². The van der Waals surface area contributed by atoms with Crippen LogP contribution in [0.2, 0.25) is 0 Å². The maximum Gasteiger partial charge on any atom is 0.125 e. The van der Waals surface area contributed by atoms with Crippen LogP contribution in [-0.2, 0) is 6.42 Å². The van der Waals surface area contributed by atoms with Crippen molar-refractivity contribution < 1.29 is 4.74 Å². The zero-order chi connectivity index (χ0) is 10.1. The Morgan fingerprint density at radius 1 is 1.64 bits per heavy atom. The van der Waals surface area contributed by atoms with Crippen molar-refractivity contribution in [1.29, 1.82) is 5.26 Å². The second-order valence-corrected chi connectivity index (χ2v) is 3.43. The Morgan fingerprint density at radius 2 is 2.43 bits per heavy atom. The molecule has 3 heteroatoms. The summed E-state index contributed by atoms with van der Waals surface area (Å²) in [5, 5.41) is 8.82. The van der Waals surface area contributed by atoms with Gasteiger partial charge in [-0.05, 0) is 24.1 Å². The number of nitrogens with two attached hydrogens (primary N) is 1. The zero-order valence-electron chi connectivity index (χ0n) is 8.08. The van der Waals surface area contributed by atoms with Crippen LogP contribution in [0.15, 0.2) is 12.1 Å². The predicted molar refractivity (Wildman–Crippen MR) is 53.0 cm³/mol. The van der Waals surface area contributed by atoms with Gasteiger partial charge in [-0.2, -0.15) is 5.26 Å². The van der Waals surface area contributed by atoms with Crippen molar-refractivity contribution >= 4 is 0 Å². The summed E-state index contributed by atoms with van der Waals surface area (Å²) >= 11 is 0. The van der Waals surface area contributed by atoms with E-state index in [1.54, 1.807) is 6.07 Å². The highest BCUT2D eigenvalue weighted by Crippen LogP contribution is 2.35. The van der Waals surface area contributed by atoms with Crippen molar-refractivity contribution in [3.63, 3.8) is 0 Å². The molecule has 1 aromatic carbocycles. The fourth-order valence-corrected chi connectivity index (χ4v) is 1.84. The molecule has 1 aromatic rings. The third-order valence-corrected chi connectivity index (χ3v) is 2.53. The number of nitrogens with zero attached hydrogens (tertiary/aromatic N) is 1. The summed E-state index contributed by atoms with van der Waals surface area (Å²) in [7, 11) is 0. The highest BCUT2D eigenvalue weighted by atomic mass is 16.5. The Balaban J connectivity index is 2.60. The summed E-state index contributed by atoms with van der Waals surface area (Å²) in [5.41, 5.74) is 8.76. The van der Waals surface area contributed by atoms with Gasteiger partial charge in [-0.15, -0.1) is 0 Å². The second kappa shape index (κ2) is 3.32. The van der Waals surface area contributed by atoms with Crippen molar-refractivity contribution in [2.24, 2.45) is 5.73 Å². The fraction of sp³-hybridized carbons (Fsp3) is 0.364. The first-order chi connectivity index (χ1) is 6.76. The molecule has 0 radical (unpaired) electrons. The largest absolute Gasteiger partial charge is 0.491 e. The van der Waals surface area contributed by atoms with E-state index in [4.69, 9.17) is 15.7 Å². The minimum Gasteiger partial charge on any atom is -0.491 e. The molecule has 0 spiro atoms. The number of benzene rings is 1. The molecule has 1 atom stereocenters. The molecule has 14 heavy (non-hydrogen) atoms. The molecule has 1 heterocycles. The van der Waals surface area contributed by atoms with E-state index in [1.165, 1.54) is 0 Å². The number of aryl methyl sites for hydroxylation is 1. The lowest BCUT2D eigenvalue weighted by atomic mass is 9.98. The lowest BCUT2D eigenvalue weighted by molar-refractivity contribution is 0.333. The first kappa shape index (κ1) is 9.04. The topological polar surface area (TPSA) is 59.0 Å². The number of nitriles is 1. The summed E-state index contributed by atoms with van der Waals surface area (Å²) < 4.78 is 5.42. The smallest absolute Gasteiger partial charge is 0.125 e. The van der Waals surface area contributed by atoms with Crippen LogP contribution in [0.4, 0.5) is 0 Å². The quantitative estimate of drug-likeness (QED) is 0.726. The summed E-state index contributed by atoms with van der Waals surface area (Å²) in [6, 6.07) is 5.75. The third-order valence-electron chi connectivity index (χ3n) is 2.53. The van der Waals surface area contributed by atoms with Gasteiger partial charge in [-0.3, -0.25) is 0 Å². The molecule has 1 aliphatic heterocycles. The molecule has 2 N–H and O–H groups in total. The molecule has 0 fully saturated rings. The van der Waals surface area contributed by atoms with Crippen LogP contribution in [0.3, 0.4) is 0 Å². The van der Waals surface area contributed by atoms with Gasteiger partial charge in [0.25, 0.3) is 0 Å². The van der Waals surface area contributed by atoms with Crippen LogP contribution in [0.5, 0.6) is 5.75 Å². The summed E-state index contributed by atoms with van der Waals surface area (Å²) in [5.74, 6) is 0.786. The molecule has 0 saturated carbocycles. The Labute approximate surface area is 83.1 Å². The lowest BCUT2D eigenvalue weighted by Crippen LogP contribution is -2.12. The lowest BCUT2D eigenvalue weighted by Gasteiger charge is -2.07. The number of hydrogen-bond donors (Lipinski definition) is 1. The van der Waals surface area contributed by atoms with Crippen molar-refractivity contribution in [1.82, 2.24) is 0 Å². The van der Waals surface area contributed by atoms with Gasteiger partial charge in [0.2, 0.25) is 0 Å². The van der Waals surface area contributed by atoms with E-state index in [-0.39, 0.29) is 6.04 Å². The summed E-state index contributed by atoms with van der Waals surface area (Å²) in [6.45, 7) is 2.58. The number of hydrogen-bond acceptors (Lipinski definition) is 3. The molecular formula is C11H12N2O. The van der Waals surface area contributed by atoms with Crippen molar-refractivity contribution in [3.05, 3.63) is 28.8 Å². The van der Waals surface area contributed by atoms with Gasteiger partial charge in [0, 0.05) is 5.56 Å². The second-order valence-electron chi connectivity index (χ2n) is 3.43. The molecule has 3 nitrogen and oxygen atoms in total. The molecule has 2 rings (SSSR count). The molecule has 72 valence electrons. The highest BCUT2D eigenvalue weighted by Gasteiger charge is 2.24. The Bertz CT molecular complexity index is 406. The van der Waals surface area contributed by atoms with E-state index in [0.29, 0.717) is 12.2 Å². The third kappa shape index (κ3) is 1.24. The van der Waals surface area contributed by atoms with Gasteiger partial charge in [0.15, 0.2) is 0 Å². The van der Waals surface area contributed by atoms with Gasteiger partial charge >= 0.3 is 0 Å². The molecule has 1 aliphatic rings. The van der Waals surface area contributed by atoms with Gasteiger partial charge in [0.05, 0.1) is 17.7 Å². The van der Waals surface area contributed by atoms with Crippen LogP contribution in [0.25, 0.3) is 0 Å². The first-order valence-corrected chi connectivity index (χ1v) is 4.71. The van der Waals surface area contributed by atoms with E-state index in [2.05, 4.69) is 13.0 Å². The predicted octanol–water partition coefficient (Wildman–Crippen LogP) is 1.51. The molecule has 0 amide bonds.